The van der Waals surface area contributed by atoms with Gasteiger partial charge in [0.2, 0.25) is 10.0 Å². The van der Waals surface area contributed by atoms with E-state index >= 15 is 0 Å². The molecule has 0 atom stereocenters. The second-order valence-electron chi connectivity index (χ2n) is 5.48. The highest BCUT2D eigenvalue weighted by molar-refractivity contribution is 7.89. The number of nitrogens with two attached hydrogens (primary N) is 2. The summed E-state index contributed by atoms with van der Waals surface area (Å²) in [5, 5.41) is 26.0. The highest BCUT2D eigenvalue weighted by atomic mass is 32.2. The largest absolute Gasteiger partial charge is 0.389 e. The molecule has 1 aliphatic heterocycles. The molecular weight excluding hydrogens is 366 g/mol. The second kappa shape index (κ2) is 5.99. The van der Waals surface area contributed by atoms with Gasteiger partial charge >= 0.3 is 0 Å². The van der Waals surface area contributed by atoms with Gasteiger partial charge in [-0.1, -0.05) is 0 Å². The maximum atomic E-state index is 11.4. The zero-order valence-electron chi connectivity index (χ0n) is 12.8. The van der Waals surface area contributed by atoms with Gasteiger partial charge in [0.25, 0.3) is 5.69 Å². The summed E-state index contributed by atoms with van der Waals surface area (Å²) in [5.74, 6) is 0. The molecule has 0 aliphatic carbocycles. The summed E-state index contributed by atoms with van der Waals surface area (Å²) in [7, 11) is -4.03. The number of sulfonamides is 1. The molecule has 9 nitrogen and oxygen atoms in total. The van der Waals surface area contributed by atoms with E-state index in [1.165, 1.54) is 23.5 Å². The molecule has 0 amide bonds. The predicted molar refractivity (Wildman–Crippen MR) is 92.7 cm³/mol. The molecule has 0 bridgehead atoms. The lowest BCUT2D eigenvalue weighted by Crippen LogP contribution is -2.30. The van der Waals surface area contributed by atoms with Gasteiger partial charge in [-0.2, -0.15) is 5.26 Å². The van der Waals surface area contributed by atoms with Gasteiger partial charge in [0, 0.05) is 17.5 Å². The molecule has 4 N–H and O–H groups in total. The minimum atomic E-state index is -4.03. The molecular formula is C14H13N5O4S2. The number of rotatable bonds is 3. The van der Waals surface area contributed by atoms with Gasteiger partial charge in [0.1, 0.15) is 16.8 Å². The number of benzene rings is 1. The smallest absolute Gasteiger partial charge is 0.293 e. The Labute approximate surface area is 147 Å². The van der Waals surface area contributed by atoms with Crippen molar-refractivity contribution in [3.05, 3.63) is 44.3 Å². The average Bonchev–Trinajstić information content (AvgIpc) is 2.87. The Morgan fingerprint density at radius 2 is 2.12 bits per heavy atom. The van der Waals surface area contributed by atoms with Crippen molar-refractivity contribution in [2.75, 3.05) is 17.2 Å². The first kappa shape index (κ1) is 17.2. The summed E-state index contributed by atoms with van der Waals surface area (Å²) in [6.07, 6.45) is 0.528. The van der Waals surface area contributed by atoms with E-state index in [1.54, 1.807) is 4.90 Å². The molecule has 2 heterocycles. The van der Waals surface area contributed by atoms with Crippen LogP contribution < -0.4 is 15.8 Å². The fourth-order valence-corrected chi connectivity index (χ4v) is 4.46. The van der Waals surface area contributed by atoms with Gasteiger partial charge in [-0.15, -0.1) is 11.3 Å². The number of fused-ring (bicyclic) bond motifs is 1. The molecule has 11 heteroatoms. The van der Waals surface area contributed by atoms with E-state index in [2.05, 4.69) is 6.07 Å². The molecule has 1 aliphatic rings. The standard InChI is InChI=1S/C14H13N5O4S2/c15-6-10-9-3-4-18(7-13(9)24-14(10)16)11-2-1-8(25(17,22)23)5-12(11)19(20)21/h1-2,5H,3-4,7,16H2,(H2,17,22,23). The molecule has 2 aromatic rings. The zero-order chi connectivity index (χ0) is 18.4. The van der Waals surface area contributed by atoms with Gasteiger partial charge in [-0.05, 0) is 24.1 Å². The van der Waals surface area contributed by atoms with Gasteiger partial charge in [0.05, 0.1) is 21.9 Å². The molecule has 0 fully saturated rings. The number of hydrogen-bond acceptors (Lipinski definition) is 8. The SMILES string of the molecule is N#Cc1c(N)sc2c1CCN(c1ccc(S(N)(=O)=O)cc1[N+](=O)[O-])C2. The lowest BCUT2D eigenvalue weighted by atomic mass is 10.0. The molecule has 0 saturated heterocycles. The van der Waals surface area contributed by atoms with E-state index in [1.807, 2.05) is 0 Å². The van der Waals surface area contributed by atoms with Crippen LogP contribution >= 0.6 is 11.3 Å². The van der Waals surface area contributed by atoms with Gasteiger partial charge < -0.3 is 10.6 Å². The topological polar surface area (TPSA) is 156 Å². The van der Waals surface area contributed by atoms with Crippen LogP contribution in [-0.4, -0.2) is 19.9 Å². The third-order valence-electron chi connectivity index (χ3n) is 4.01. The first-order valence-corrected chi connectivity index (χ1v) is 9.45. The van der Waals surface area contributed by atoms with Crippen molar-refractivity contribution in [3.63, 3.8) is 0 Å². The number of nitriles is 1. The van der Waals surface area contributed by atoms with Gasteiger partial charge in [0.15, 0.2) is 0 Å². The van der Waals surface area contributed by atoms with Crippen LogP contribution in [0.4, 0.5) is 16.4 Å². The average molecular weight is 379 g/mol. The number of thiophene rings is 1. The number of nitro groups is 1. The maximum absolute atomic E-state index is 11.4. The molecule has 0 spiro atoms. The lowest BCUT2D eigenvalue weighted by molar-refractivity contribution is -0.384. The number of hydrogen-bond donors (Lipinski definition) is 2. The lowest BCUT2D eigenvalue weighted by Gasteiger charge is -2.28. The van der Waals surface area contributed by atoms with E-state index in [-0.39, 0.29) is 10.6 Å². The van der Waals surface area contributed by atoms with Crippen LogP contribution in [0.15, 0.2) is 23.1 Å². The minimum absolute atomic E-state index is 0.300. The maximum Gasteiger partial charge on any atom is 0.293 e. The Balaban J connectivity index is 2.03. The van der Waals surface area contributed by atoms with Crippen molar-refractivity contribution in [2.45, 2.75) is 17.9 Å². The Bertz CT molecular complexity index is 1020. The van der Waals surface area contributed by atoms with Crippen LogP contribution in [0.2, 0.25) is 0 Å². The molecule has 0 saturated carbocycles. The van der Waals surface area contributed by atoms with Crippen molar-refractivity contribution < 1.29 is 13.3 Å². The van der Waals surface area contributed by atoms with E-state index < -0.39 is 14.9 Å². The summed E-state index contributed by atoms with van der Waals surface area (Å²) in [6.45, 7) is 0.814. The monoisotopic (exact) mass is 379 g/mol. The predicted octanol–water partition coefficient (Wildman–Crippen LogP) is 1.32. The Kier molecular flexibility index (Phi) is 4.11. The van der Waals surface area contributed by atoms with E-state index in [4.69, 9.17) is 10.9 Å². The Morgan fingerprint density at radius 1 is 1.40 bits per heavy atom. The van der Waals surface area contributed by atoms with Crippen molar-refractivity contribution in [1.29, 1.82) is 5.26 Å². The highest BCUT2D eigenvalue weighted by Crippen LogP contribution is 2.38. The quantitative estimate of drug-likeness (QED) is 0.601. The normalized spacial score (nSPS) is 14.0. The van der Waals surface area contributed by atoms with E-state index in [0.29, 0.717) is 35.8 Å². The first-order chi connectivity index (χ1) is 11.7. The Morgan fingerprint density at radius 3 is 2.72 bits per heavy atom. The van der Waals surface area contributed by atoms with Crippen molar-refractivity contribution in [2.24, 2.45) is 5.14 Å². The van der Waals surface area contributed by atoms with Crippen LogP contribution in [0.1, 0.15) is 16.0 Å². The first-order valence-electron chi connectivity index (χ1n) is 7.08. The number of primary sulfonamides is 1. The molecule has 1 aromatic heterocycles. The number of nitrogens with zero attached hydrogens (tertiary/aromatic N) is 3. The van der Waals surface area contributed by atoms with E-state index in [9.17, 15) is 23.8 Å². The summed E-state index contributed by atoms with van der Waals surface area (Å²) in [6, 6.07) is 5.68. The van der Waals surface area contributed by atoms with Crippen LogP contribution in [0.5, 0.6) is 0 Å². The third kappa shape index (κ3) is 3.02. The van der Waals surface area contributed by atoms with Crippen molar-refractivity contribution in [3.8, 4) is 6.07 Å². The van der Waals surface area contributed by atoms with Crippen LogP contribution in [0.3, 0.4) is 0 Å². The molecule has 3 rings (SSSR count). The second-order valence-corrected chi connectivity index (χ2v) is 8.18. The summed E-state index contributed by atoms with van der Waals surface area (Å²) < 4.78 is 22.9. The Hall–Kier alpha value is -2.68. The molecule has 130 valence electrons. The van der Waals surface area contributed by atoms with Crippen molar-refractivity contribution >= 4 is 37.7 Å². The molecule has 0 unspecified atom stereocenters. The molecule has 0 radical (unpaired) electrons. The zero-order valence-corrected chi connectivity index (χ0v) is 14.4. The van der Waals surface area contributed by atoms with Crippen LogP contribution in [0, 0.1) is 21.4 Å². The fourth-order valence-electron chi connectivity index (χ4n) is 2.85. The highest BCUT2D eigenvalue weighted by Gasteiger charge is 2.28. The minimum Gasteiger partial charge on any atom is -0.389 e. The molecule has 25 heavy (non-hydrogen) atoms. The third-order valence-corrected chi connectivity index (χ3v) is 5.97. The van der Waals surface area contributed by atoms with Gasteiger partial charge in [-0.25, -0.2) is 13.6 Å². The van der Waals surface area contributed by atoms with E-state index in [0.717, 1.165) is 16.5 Å². The molecule has 1 aromatic carbocycles. The number of nitrogen functional groups attached to an aromatic ring is 1. The van der Waals surface area contributed by atoms with Crippen LogP contribution in [0.25, 0.3) is 0 Å². The fraction of sp³-hybridized carbons (Fsp3) is 0.214. The van der Waals surface area contributed by atoms with Gasteiger partial charge in [-0.3, -0.25) is 10.1 Å². The van der Waals surface area contributed by atoms with Crippen LogP contribution in [-0.2, 0) is 23.0 Å². The summed E-state index contributed by atoms with van der Waals surface area (Å²) in [4.78, 5) is 13.1. The summed E-state index contributed by atoms with van der Waals surface area (Å²) in [5.41, 5.74) is 7.17. The number of nitro benzene ring substituents is 1. The van der Waals surface area contributed by atoms with Crippen molar-refractivity contribution in [1.82, 2.24) is 0 Å². The summed E-state index contributed by atoms with van der Waals surface area (Å²) >= 11 is 1.29. The number of anilines is 2.